The van der Waals surface area contributed by atoms with Crippen molar-refractivity contribution in [2.24, 2.45) is 5.92 Å². The van der Waals surface area contributed by atoms with Crippen LogP contribution in [0.3, 0.4) is 0 Å². The van der Waals surface area contributed by atoms with Crippen molar-refractivity contribution in [1.29, 1.82) is 0 Å². The van der Waals surface area contributed by atoms with Gasteiger partial charge >= 0.3 is 0 Å². The molecule has 0 bridgehead atoms. The summed E-state index contributed by atoms with van der Waals surface area (Å²) in [5, 5.41) is 1.92. The number of rotatable bonds is 6. The minimum absolute atomic E-state index is 0.0120. The van der Waals surface area contributed by atoms with Crippen molar-refractivity contribution in [2.75, 3.05) is 6.54 Å². The summed E-state index contributed by atoms with van der Waals surface area (Å²) >= 11 is 0. The smallest absolute Gasteiger partial charge is 0.223 e. The monoisotopic (exact) mass is 389 g/mol. The highest BCUT2D eigenvalue weighted by Crippen LogP contribution is 2.30. The fraction of sp³-hybridized carbons (Fsp3) is 0.476. The van der Waals surface area contributed by atoms with Crippen LogP contribution in [0.5, 0.6) is 0 Å². The molecule has 1 N–H and O–H groups in total. The standard InChI is InChI=1S/C21H27NO4S/c1-15-10-11-18(13-16(15)2)27(24,25)20(19-9-6-12-26-19)14-22-21(23)17-7-4-3-5-8-17/h6,9-13,17,20H,3-5,7-8,14H2,1-2H3,(H,22,23)/t20-/m0/s1. The topological polar surface area (TPSA) is 76.4 Å². The molecule has 27 heavy (non-hydrogen) atoms. The Balaban J connectivity index is 1.83. The van der Waals surface area contributed by atoms with Gasteiger partial charge in [-0.1, -0.05) is 25.3 Å². The number of furan rings is 1. The van der Waals surface area contributed by atoms with Crippen molar-refractivity contribution in [1.82, 2.24) is 5.32 Å². The van der Waals surface area contributed by atoms with Gasteiger partial charge in [-0.3, -0.25) is 4.79 Å². The first kappa shape index (κ1) is 19.7. The third kappa shape index (κ3) is 4.43. The average molecular weight is 390 g/mol. The van der Waals surface area contributed by atoms with Gasteiger partial charge < -0.3 is 9.73 Å². The SMILES string of the molecule is Cc1ccc(S(=O)(=O)[C@@H](CNC(=O)C2CCCCC2)c2ccco2)cc1C. The molecule has 1 aromatic heterocycles. The highest BCUT2D eigenvalue weighted by molar-refractivity contribution is 7.91. The molecule has 0 unspecified atom stereocenters. The van der Waals surface area contributed by atoms with Crippen LogP contribution >= 0.6 is 0 Å². The van der Waals surface area contributed by atoms with Gasteiger partial charge in [0.25, 0.3) is 0 Å². The zero-order valence-corrected chi connectivity index (χ0v) is 16.7. The van der Waals surface area contributed by atoms with Crippen molar-refractivity contribution in [3.8, 4) is 0 Å². The Labute approximate surface area is 161 Å². The van der Waals surface area contributed by atoms with Gasteiger partial charge in [-0.2, -0.15) is 0 Å². The number of carbonyl (C=O) groups excluding carboxylic acids is 1. The van der Waals surface area contributed by atoms with E-state index in [1.165, 1.54) is 12.7 Å². The van der Waals surface area contributed by atoms with E-state index in [4.69, 9.17) is 4.42 Å². The Hall–Kier alpha value is -2.08. The summed E-state index contributed by atoms with van der Waals surface area (Å²) in [6, 6.07) is 8.43. The molecule has 0 spiro atoms. The van der Waals surface area contributed by atoms with Gasteiger partial charge in [0.2, 0.25) is 5.91 Å². The van der Waals surface area contributed by atoms with Crippen molar-refractivity contribution in [3.05, 3.63) is 53.5 Å². The van der Waals surface area contributed by atoms with Crippen LogP contribution in [0, 0.1) is 19.8 Å². The van der Waals surface area contributed by atoms with E-state index in [2.05, 4.69) is 5.32 Å². The summed E-state index contributed by atoms with van der Waals surface area (Å²) in [5.74, 6) is 0.277. The molecule has 146 valence electrons. The van der Waals surface area contributed by atoms with Crippen LogP contribution in [0.15, 0.2) is 45.9 Å². The third-order valence-corrected chi connectivity index (χ3v) is 7.54. The van der Waals surface area contributed by atoms with E-state index < -0.39 is 15.1 Å². The summed E-state index contributed by atoms with van der Waals surface area (Å²) < 4.78 is 31.9. The lowest BCUT2D eigenvalue weighted by atomic mass is 9.89. The van der Waals surface area contributed by atoms with E-state index in [1.54, 1.807) is 24.3 Å². The molecule has 2 aromatic rings. The molecule has 0 saturated heterocycles. The molecular formula is C21H27NO4S. The molecule has 1 aliphatic carbocycles. The maximum Gasteiger partial charge on any atom is 0.223 e. The van der Waals surface area contributed by atoms with E-state index in [0.29, 0.717) is 5.76 Å². The molecule has 1 aliphatic rings. The number of carbonyl (C=O) groups is 1. The van der Waals surface area contributed by atoms with E-state index in [1.807, 2.05) is 19.9 Å². The Morgan fingerprint density at radius 3 is 2.52 bits per heavy atom. The molecule has 3 rings (SSSR count). The molecule has 1 aromatic carbocycles. The first-order chi connectivity index (χ1) is 12.9. The maximum atomic E-state index is 13.3. The summed E-state index contributed by atoms with van der Waals surface area (Å²) in [4.78, 5) is 12.7. The number of benzene rings is 1. The van der Waals surface area contributed by atoms with Crippen LogP contribution in [0.4, 0.5) is 0 Å². The van der Waals surface area contributed by atoms with Crippen LogP contribution in [-0.2, 0) is 14.6 Å². The lowest BCUT2D eigenvalue weighted by Gasteiger charge is -2.22. The quantitative estimate of drug-likeness (QED) is 0.807. The van der Waals surface area contributed by atoms with Crippen LogP contribution in [0.25, 0.3) is 0 Å². The van der Waals surface area contributed by atoms with Crippen LogP contribution in [0.1, 0.15) is 54.2 Å². The number of hydrogen-bond donors (Lipinski definition) is 1. The molecule has 5 nitrogen and oxygen atoms in total. The Morgan fingerprint density at radius 1 is 1.15 bits per heavy atom. The van der Waals surface area contributed by atoms with Gasteiger partial charge in [0, 0.05) is 12.5 Å². The lowest BCUT2D eigenvalue weighted by Crippen LogP contribution is -2.36. The number of aryl methyl sites for hydroxylation is 2. The largest absolute Gasteiger partial charge is 0.468 e. The maximum absolute atomic E-state index is 13.3. The summed E-state index contributed by atoms with van der Waals surface area (Å²) in [6.45, 7) is 3.85. The van der Waals surface area contributed by atoms with E-state index in [9.17, 15) is 13.2 Å². The Kier molecular flexibility index (Phi) is 6.05. The van der Waals surface area contributed by atoms with Crippen LogP contribution < -0.4 is 5.32 Å². The highest BCUT2D eigenvalue weighted by atomic mass is 32.2. The van der Waals surface area contributed by atoms with Gasteiger partial charge in [-0.25, -0.2) is 8.42 Å². The molecule has 1 heterocycles. The van der Waals surface area contributed by atoms with E-state index >= 15 is 0 Å². The summed E-state index contributed by atoms with van der Waals surface area (Å²) in [5.41, 5.74) is 1.95. The highest BCUT2D eigenvalue weighted by Gasteiger charge is 2.33. The molecular weight excluding hydrogens is 362 g/mol. The Morgan fingerprint density at radius 2 is 1.89 bits per heavy atom. The van der Waals surface area contributed by atoms with Crippen molar-refractivity contribution >= 4 is 15.7 Å². The third-order valence-electron chi connectivity index (χ3n) is 5.48. The number of amides is 1. The van der Waals surface area contributed by atoms with Crippen LogP contribution in [0.2, 0.25) is 0 Å². The predicted molar refractivity (Wildman–Crippen MR) is 104 cm³/mol. The van der Waals surface area contributed by atoms with Gasteiger partial charge in [0.05, 0.1) is 11.2 Å². The van der Waals surface area contributed by atoms with Crippen molar-refractivity contribution in [3.63, 3.8) is 0 Å². The van der Waals surface area contributed by atoms with Gasteiger partial charge in [0.15, 0.2) is 9.84 Å². The van der Waals surface area contributed by atoms with Crippen LogP contribution in [-0.4, -0.2) is 20.9 Å². The fourth-order valence-corrected chi connectivity index (χ4v) is 5.27. The molecule has 1 atom stereocenters. The van der Waals surface area contributed by atoms with Gasteiger partial charge in [-0.15, -0.1) is 0 Å². The minimum atomic E-state index is -3.70. The number of nitrogens with one attached hydrogen (secondary N) is 1. The summed E-state index contributed by atoms with van der Waals surface area (Å²) in [6.07, 6.45) is 6.49. The second-order valence-corrected chi connectivity index (χ2v) is 9.51. The minimum Gasteiger partial charge on any atom is -0.468 e. The molecule has 1 amide bonds. The van der Waals surface area contributed by atoms with E-state index in [0.717, 1.165) is 36.8 Å². The zero-order valence-electron chi connectivity index (χ0n) is 15.9. The molecule has 0 radical (unpaired) electrons. The predicted octanol–water partition coefficient (Wildman–Crippen LogP) is 4.11. The van der Waals surface area contributed by atoms with Crippen molar-refractivity contribution < 1.29 is 17.6 Å². The normalized spacial score (nSPS) is 16.8. The fourth-order valence-electron chi connectivity index (χ4n) is 3.60. The van der Waals surface area contributed by atoms with Crippen molar-refractivity contribution in [2.45, 2.75) is 56.1 Å². The number of hydrogen-bond acceptors (Lipinski definition) is 4. The van der Waals surface area contributed by atoms with Gasteiger partial charge in [0.1, 0.15) is 11.0 Å². The summed E-state index contributed by atoms with van der Waals surface area (Å²) in [7, 11) is -3.70. The molecule has 1 saturated carbocycles. The molecule has 0 aliphatic heterocycles. The lowest BCUT2D eigenvalue weighted by molar-refractivity contribution is -0.125. The Bertz CT molecular complexity index is 881. The number of sulfone groups is 1. The first-order valence-electron chi connectivity index (χ1n) is 9.52. The van der Waals surface area contributed by atoms with Gasteiger partial charge in [-0.05, 0) is 62.1 Å². The second-order valence-electron chi connectivity index (χ2n) is 7.38. The molecule has 1 fully saturated rings. The van der Waals surface area contributed by atoms with E-state index in [-0.39, 0.29) is 23.3 Å². The zero-order chi connectivity index (χ0) is 19.4. The first-order valence-corrected chi connectivity index (χ1v) is 11.1. The molecule has 6 heteroatoms. The second kappa shape index (κ2) is 8.30. The average Bonchev–Trinajstić information content (AvgIpc) is 3.18.